The number of benzene rings is 2. The predicted octanol–water partition coefficient (Wildman–Crippen LogP) is 5.22. The molecule has 160 valence electrons. The zero-order valence-electron chi connectivity index (χ0n) is 18.5. The quantitative estimate of drug-likeness (QED) is 0.441. The molecule has 2 rings (SSSR count). The Kier molecular flexibility index (Phi) is 7.81. The van der Waals surface area contributed by atoms with Crippen LogP contribution in [0.5, 0.6) is 11.5 Å². The summed E-state index contributed by atoms with van der Waals surface area (Å²) in [5, 5.41) is 0. The Hall–Kier alpha value is -3.08. The third-order valence-corrected chi connectivity index (χ3v) is 4.61. The molecule has 0 heterocycles. The number of hydrogen-bond donors (Lipinski definition) is 0. The lowest BCUT2D eigenvalue weighted by atomic mass is 9.86. The van der Waals surface area contributed by atoms with Gasteiger partial charge in [0.25, 0.3) is 0 Å². The maximum absolute atomic E-state index is 12.6. The first-order chi connectivity index (χ1) is 14.2. The summed E-state index contributed by atoms with van der Waals surface area (Å²) in [5.74, 6) is 0.0692. The molecule has 0 bridgehead atoms. The van der Waals surface area contributed by atoms with Gasteiger partial charge in [0.15, 0.2) is 24.2 Å². The number of rotatable bonds is 8. The summed E-state index contributed by atoms with van der Waals surface area (Å²) in [6.45, 7) is 9.49. The minimum absolute atomic E-state index is 0.00306. The second-order valence-corrected chi connectivity index (χ2v) is 8.02. The molecule has 0 spiro atoms. The normalized spacial score (nSPS) is 12.5. The maximum Gasteiger partial charge on any atom is 0.344 e. The fraction of sp³-hybridized carbons (Fsp3) is 0.360. The number of ketones is 1. The monoisotopic (exact) mass is 410 g/mol. The highest BCUT2D eigenvalue weighted by molar-refractivity contribution is 6.00. The van der Waals surface area contributed by atoms with E-state index in [0.717, 1.165) is 11.1 Å². The molecule has 5 heteroatoms. The van der Waals surface area contributed by atoms with E-state index in [1.807, 2.05) is 43.3 Å². The number of methoxy groups -OCH3 is 1. The summed E-state index contributed by atoms with van der Waals surface area (Å²) in [5.41, 5.74) is 2.60. The number of allylic oxidation sites excluding steroid dienone is 1. The van der Waals surface area contributed by atoms with E-state index in [1.165, 1.54) is 7.11 Å². The fourth-order valence-electron chi connectivity index (χ4n) is 2.89. The van der Waals surface area contributed by atoms with Crippen molar-refractivity contribution < 1.29 is 23.8 Å². The van der Waals surface area contributed by atoms with Crippen LogP contribution in [0.25, 0.3) is 6.08 Å². The molecule has 0 aliphatic rings. The van der Waals surface area contributed by atoms with E-state index >= 15 is 0 Å². The van der Waals surface area contributed by atoms with Gasteiger partial charge in [-0.05, 0) is 42.5 Å². The molecule has 0 amide bonds. The molecular formula is C25H30O5. The first-order valence-electron chi connectivity index (χ1n) is 9.93. The lowest BCUT2D eigenvalue weighted by Crippen LogP contribution is -2.27. The van der Waals surface area contributed by atoms with Gasteiger partial charge in [-0.2, -0.15) is 0 Å². The standard InChI is InChI=1S/C25H30O5/c1-7-8-18-9-14-21(22(15-18)28-6)29-16-23(26)30-17(2)24(27)19-10-12-20(13-11-19)25(3,4)5/h7-15,17H,16H2,1-6H3/b8-7+/t17-/m1/s1. The molecule has 5 nitrogen and oxygen atoms in total. The number of carbonyl (C=O) groups is 2. The van der Waals surface area contributed by atoms with Crippen LogP contribution in [0.1, 0.15) is 56.1 Å². The summed E-state index contributed by atoms with van der Waals surface area (Å²) >= 11 is 0. The molecule has 0 saturated carbocycles. The molecule has 0 aromatic heterocycles. The van der Waals surface area contributed by atoms with E-state index in [1.54, 1.807) is 25.1 Å². The van der Waals surface area contributed by atoms with Gasteiger partial charge in [-0.15, -0.1) is 0 Å². The summed E-state index contributed by atoms with van der Waals surface area (Å²) in [6, 6.07) is 12.8. The molecule has 2 aromatic rings. The van der Waals surface area contributed by atoms with Gasteiger partial charge in [0.2, 0.25) is 5.78 Å². The number of carbonyl (C=O) groups excluding carboxylic acids is 2. The van der Waals surface area contributed by atoms with Gasteiger partial charge in [-0.25, -0.2) is 4.79 Å². The highest BCUT2D eigenvalue weighted by Gasteiger charge is 2.21. The van der Waals surface area contributed by atoms with E-state index in [0.29, 0.717) is 17.1 Å². The van der Waals surface area contributed by atoms with Crippen LogP contribution in [0.15, 0.2) is 48.5 Å². The number of hydrogen-bond acceptors (Lipinski definition) is 5. The summed E-state index contributed by atoms with van der Waals surface area (Å²) in [4.78, 5) is 24.7. The molecule has 1 atom stereocenters. The summed E-state index contributed by atoms with van der Waals surface area (Å²) in [7, 11) is 1.53. The molecule has 30 heavy (non-hydrogen) atoms. The summed E-state index contributed by atoms with van der Waals surface area (Å²) < 4.78 is 16.1. The molecule has 0 aliphatic carbocycles. The van der Waals surface area contributed by atoms with Crippen molar-refractivity contribution in [1.29, 1.82) is 0 Å². The van der Waals surface area contributed by atoms with Gasteiger partial charge in [0.1, 0.15) is 0 Å². The molecule has 0 N–H and O–H groups in total. The van der Waals surface area contributed by atoms with Gasteiger partial charge >= 0.3 is 5.97 Å². The van der Waals surface area contributed by atoms with Crippen molar-refractivity contribution in [2.45, 2.75) is 46.1 Å². The van der Waals surface area contributed by atoms with Crippen molar-refractivity contribution >= 4 is 17.8 Å². The van der Waals surface area contributed by atoms with Crippen LogP contribution in [0.2, 0.25) is 0 Å². The van der Waals surface area contributed by atoms with E-state index in [4.69, 9.17) is 14.2 Å². The number of esters is 1. The molecule has 0 radical (unpaired) electrons. The zero-order chi connectivity index (χ0) is 22.3. The largest absolute Gasteiger partial charge is 0.493 e. The smallest absolute Gasteiger partial charge is 0.344 e. The van der Waals surface area contributed by atoms with Crippen molar-refractivity contribution in [3.63, 3.8) is 0 Å². The lowest BCUT2D eigenvalue weighted by molar-refractivity contribution is -0.148. The first kappa shape index (κ1) is 23.2. The van der Waals surface area contributed by atoms with Crippen LogP contribution >= 0.6 is 0 Å². The van der Waals surface area contributed by atoms with Crippen LogP contribution in [-0.2, 0) is 14.9 Å². The van der Waals surface area contributed by atoms with Crippen LogP contribution < -0.4 is 9.47 Å². The molecule has 0 fully saturated rings. The van der Waals surface area contributed by atoms with E-state index in [-0.39, 0.29) is 17.8 Å². The zero-order valence-corrected chi connectivity index (χ0v) is 18.5. The maximum atomic E-state index is 12.6. The Morgan fingerprint density at radius 2 is 1.70 bits per heavy atom. The van der Waals surface area contributed by atoms with Crippen LogP contribution in [0.4, 0.5) is 0 Å². The molecule has 0 aliphatic heterocycles. The second kappa shape index (κ2) is 10.1. The van der Waals surface area contributed by atoms with Gasteiger partial charge in [-0.1, -0.05) is 63.3 Å². The van der Waals surface area contributed by atoms with Crippen molar-refractivity contribution in [3.8, 4) is 11.5 Å². The third-order valence-electron chi connectivity index (χ3n) is 4.61. The second-order valence-electron chi connectivity index (χ2n) is 8.02. The van der Waals surface area contributed by atoms with E-state index in [2.05, 4.69) is 20.8 Å². The average molecular weight is 411 g/mol. The lowest BCUT2D eigenvalue weighted by Gasteiger charge is -2.19. The van der Waals surface area contributed by atoms with Gasteiger partial charge < -0.3 is 14.2 Å². The average Bonchev–Trinajstić information content (AvgIpc) is 2.71. The van der Waals surface area contributed by atoms with Crippen molar-refractivity contribution in [3.05, 3.63) is 65.2 Å². The predicted molar refractivity (Wildman–Crippen MR) is 118 cm³/mol. The van der Waals surface area contributed by atoms with E-state index in [9.17, 15) is 9.59 Å². The van der Waals surface area contributed by atoms with Crippen LogP contribution in [0.3, 0.4) is 0 Å². The Morgan fingerprint density at radius 1 is 1.03 bits per heavy atom. The Morgan fingerprint density at radius 3 is 2.27 bits per heavy atom. The Bertz CT molecular complexity index is 904. The SMILES string of the molecule is C/C=C/c1ccc(OCC(=O)O[C@H](C)C(=O)c2ccc(C(C)(C)C)cc2)c(OC)c1. The third kappa shape index (κ3) is 6.21. The molecular weight excluding hydrogens is 380 g/mol. The van der Waals surface area contributed by atoms with Crippen molar-refractivity contribution in [2.75, 3.05) is 13.7 Å². The minimum atomic E-state index is -0.902. The van der Waals surface area contributed by atoms with E-state index < -0.39 is 12.1 Å². The van der Waals surface area contributed by atoms with Crippen molar-refractivity contribution in [1.82, 2.24) is 0 Å². The Balaban J connectivity index is 1.95. The highest BCUT2D eigenvalue weighted by atomic mass is 16.6. The molecule has 0 saturated heterocycles. The summed E-state index contributed by atoms with van der Waals surface area (Å²) in [6.07, 6.45) is 2.95. The Labute approximate surface area is 178 Å². The van der Waals surface area contributed by atoms with Crippen LogP contribution in [0, 0.1) is 0 Å². The highest BCUT2D eigenvalue weighted by Crippen LogP contribution is 2.28. The number of ether oxygens (including phenoxy) is 3. The van der Waals surface area contributed by atoms with Gasteiger partial charge in [0.05, 0.1) is 7.11 Å². The van der Waals surface area contributed by atoms with Gasteiger partial charge in [-0.3, -0.25) is 4.79 Å². The fourth-order valence-corrected chi connectivity index (χ4v) is 2.89. The van der Waals surface area contributed by atoms with Crippen LogP contribution in [-0.4, -0.2) is 31.6 Å². The number of Topliss-reactive ketones (excluding diaryl/α,β-unsaturated/α-hetero) is 1. The molecule has 2 aromatic carbocycles. The molecule has 0 unspecified atom stereocenters. The first-order valence-corrected chi connectivity index (χ1v) is 9.93. The topological polar surface area (TPSA) is 61.8 Å². The van der Waals surface area contributed by atoms with Crippen molar-refractivity contribution in [2.24, 2.45) is 0 Å². The minimum Gasteiger partial charge on any atom is -0.493 e. The van der Waals surface area contributed by atoms with Gasteiger partial charge in [0, 0.05) is 5.56 Å².